The summed E-state index contributed by atoms with van der Waals surface area (Å²) in [6.07, 6.45) is 1.60. The van der Waals surface area contributed by atoms with Crippen LogP contribution in [-0.4, -0.2) is 52.4 Å². The van der Waals surface area contributed by atoms with Crippen molar-refractivity contribution in [1.29, 1.82) is 0 Å². The van der Waals surface area contributed by atoms with Gasteiger partial charge in [-0.25, -0.2) is 0 Å². The summed E-state index contributed by atoms with van der Waals surface area (Å²) in [4.78, 5) is 36.9. The van der Waals surface area contributed by atoms with Crippen molar-refractivity contribution in [2.24, 2.45) is 0 Å². The van der Waals surface area contributed by atoms with E-state index >= 15 is 0 Å². The Morgan fingerprint density at radius 3 is 2.69 bits per heavy atom. The van der Waals surface area contributed by atoms with Gasteiger partial charge in [0.2, 0.25) is 0 Å². The molecule has 0 saturated carbocycles. The maximum atomic E-state index is 12.4. The predicted molar refractivity (Wildman–Crippen MR) is 126 cm³/mol. The topological polar surface area (TPSA) is 105 Å². The number of carboxylic acid groups (broad SMARTS) is 1. The van der Waals surface area contributed by atoms with Gasteiger partial charge in [0.1, 0.15) is 10.9 Å². The highest BCUT2D eigenvalue weighted by Gasteiger charge is 2.33. The van der Waals surface area contributed by atoms with E-state index in [9.17, 15) is 14.4 Å². The van der Waals surface area contributed by atoms with Gasteiger partial charge >= 0.3 is 5.97 Å². The highest BCUT2D eigenvalue weighted by Crippen LogP contribution is 2.34. The second-order valence-corrected chi connectivity index (χ2v) is 8.45. The number of carbonyl (C=O) groups is 3. The number of hydrogen-bond donors (Lipinski definition) is 2. The summed E-state index contributed by atoms with van der Waals surface area (Å²) in [5.74, 6) is -1.18. The van der Waals surface area contributed by atoms with Crippen LogP contribution in [0.15, 0.2) is 47.4 Å². The van der Waals surface area contributed by atoms with E-state index in [4.69, 9.17) is 26.8 Å². The maximum Gasteiger partial charge on any atom is 0.323 e. The predicted octanol–water partition coefficient (Wildman–Crippen LogP) is 3.31. The van der Waals surface area contributed by atoms with Crippen LogP contribution in [0.3, 0.4) is 0 Å². The Hall–Kier alpha value is -3.37. The molecule has 10 heteroatoms. The van der Waals surface area contributed by atoms with Crippen molar-refractivity contribution in [1.82, 2.24) is 4.90 Å². The third-order valence-corrected chi connectivity index (χ3v) is 5.69. The second kappa shape index (κ2) is 10.3. The first-order valence-electron chi connectivity index (χ1n) is 9.41. The second-order valence-electron chi connectivity index (χ2n) is 6.78. The van der Waals surface area contributed by atoms with Crippen LogP contribution in [0.4, 0.5) is 5.69 Å². The molecule has 0 radical (unpaired) electrons. The van der Waals surface area contributed by atoms with Gasteiger partial charge in [-0.15, -0.1) is 0 Å². The van der Waals surface area contributed by atoms with E-state index in [1.54, 1.807) is 30.3 Å². The smallest absolute Gasteiger partial charge is 0.323 e. The SMILES string of the molecule is COc1cc(C=C2SC(=S)N(CC(=O)O)C2=O)ccc1OCC(=O)Nc1cccc(C)c1. The van der Waals surface area contributed by atoms with Gasteiger partial charge in [0.15, 0.2) is 18.1 Å². The van der Waals surface area contributed by atoms with E-state index in [0.29, 0.717) is 27.7 Å². The lowest BCUT2D eigenvalue weighted by Crippen LogP contribution is -2.33. The molecule has 0 aromatic heterocycles. The number of nitrogens with one attached hydrogen (secondary N) is 1. The van der Waals surface area contributed by atoms with Gasteiger partial charge in [0.05, 0.1) is 12.0 Å². The Bertz CT molecular complexity index is 1120. The number of hydrogen-bond acceptors (Lipinski definition) is 7. The van der Waals surface area contributed by atoms with E-state index in [0.717, 1.165) is 22.2 Å². The van der Waals surface area contributed by atoms with Crippen LogP contribution in [0.25, 0.3) is 6.08 Å². The zero-order valence-corrected chi connectivity index (χ0v) is 18.9. The molecule has 1 fully saturated rings. The zero-order chi connectivity index (χ0) is 23.3. The van der Waals surface area contributed by atoms with Crippen LogP contribution in [0.1, 0.15) is 11.1 Å². The molecule has 8 nitrogen and oxygen atoms in total. The number of carboxylic acids is 1. The number of aryl methyl sites for hydroxylation is 1. The van der Waals surface area contributed by atoms with E-state index < -0.39 is 18.4 Å². The largest absolute Gasteiger partial charge is 0.493 e. The number of amides is 2. The molecule has 1 aliphatic heterocycles. The molecule has 0 atom stereocenters. The minimum Gasteiger partial charge on any atom is -0.493 e. The van der Waals surface area contributed by atoms with Gasteiger partial charge in [-0.3, -0.25) is 19.3 Å². The fraction of sp³-hybridized carbons (Fsp3) is 0.182. The lowest BCUT2D eigenvalue weighted by Gasteiger charge is -2.12. The van der Waals surface area contributed by atoms with Crippen LogP contribution < -0.4 is 14.8 Å². The van der Waals surface area contributed by atoms with Gasteiger partial charge in [-0.2, -0.15) is 0 Å². The average molecular weight is 473 g/mol. The Labute approximate surface area is 194 Å². The van der Waals surface area contributed by atoms with Crippen LogP contribution in [0.5, 0.6) is 11.5 Å². The molecule has 2 amide bonds. The third kappa shape index (κ3) is 5.86. The van der Waals surface area contributed by atoms with Crippen molar-refractivity contribution in [3.63, 3.8) is 0 Å². The Kier molecular flexibility index (Phi) is 7.49. The molecule has 2 aromatic rings. The molecule has 1 heterocycles. The summed E-state index contributed by atoms with van der Waals surface area (Å²) in [6.45, 7) is 1.24. The van der Waals surface area contributed by atoms with Gasteiger partial charge < -0.3 is 19.9 Å². The van der Waals surface area contributed by atoms with Crippen LogP contribution in [-0.2, 0) is 14.4 Å². The zero-order valence-electron chi connectivity index (χ0n) is 17.3. The first-order valence-corrected chi connectivity index (χ1v) is 10.6. The van der Waals surface area contributed by atoms with Crippen LogP contribution in [0.2, 0.25) is 0 Å². The number of ether oxygens (including phenoxy) is 2. The summed E-state index contributed by atoms with van der Waals surface area (Å²) < 4.78 is 11.1. The quantitative estimate of drug-likeness (QED) is 0.445. The highest BCUT2D eigenvalue weighted by molar-refractivity contribution is 8.26. The molecule has 3 rings (SSSR count). The summed E-state index contributed by atoms with van der Waals surface area (Å²) in [5, 5.41) is 11.7. The number of aliphatic carboxylic acids is 1. The molecule has 2 aromatic carbocycles. The summed E-state index contributed by atoms with van der Waals surface area (Å²) in [6, 6.07) is 12.4. The molecule has 32 heavy (non-hydrogen) atoms. The van der Waals surface area contributed by atoms with Gasteiger partial charge in [0, 0.05) is 5.69 Å². The van der Waals surface area contributed by atoms with E-state index in [2.05, 4.69) is 5.32 Å². The fourth-order valence-corrected chi connectivity index (χ4v) is 4.13. The van der Waals surface area contributed by atoms with E-state index in [1.807, 2.05) is 25.1 Å². The molecule has 1 saturated heterocycles. The molecule has 0 bridgehead atoms. The summed E-state index contributed by atoms with van der Waals surface area (Å²) in [5.41, 5.74) is 2.34. The number of nitrogens with zero attached hydrogens (tertiary/aromatic N) is 1. The normalized spacial score (nSPS) is 14.6. The molecular weight excluding hydrogens is 452 g/mol. The molecule has 0 spiro atoms. The number of carbonyl (C=O) groups excluding carboxylic acids is 2. The lowest BCUT2D eigenvalue weighted by atomic mass is 10.2. The molecule has 166 valence electrons. The number of rotatable bonds is 8. The first-order chi connectivity index (χ1) is 15.3. The van der Waals surface area contributed by atoms with Gasteiger partial charge in [-0.1, -0.05) is 42.2 Å². The minimum atomic E-state index is -1.14. The molecular formula is C22H20N2O6S2. The van der Waals surface area contributed by atoms with Crippen LogP contribution >= 0.6 is 24.0 Å². The summed E-state index contributed by atoms with van der Waals surface area (Å²) >= 11 is 6.13. The number of methoxy groups -OCH3 is 1. The van der Waals surface area contributed by atoms with Crippen molar-refractivity contribution >= 4 is 57.8 Å². The first kappa shape index (κ1) is 23.3. The van der Waals surface area contributed by atoms with Gasteiger partial charge in [-0.05, 0) is 48.4 Å². The molecule has 0 unspecified atom stereocenters. The molecule has 0 aliphatic carbocycles. The Balaban J connectivity index is 1.67. The number of thioether (sulfide) groups is 1. The van der Waals surface area contributed by atoms with Crippen LogP contribution in [0, 0.1) is 6.92 Å². The minimum absolute atomic E-state index is 0.190. The Morgan fingerprint density at radius 1 is 1.22 bits per heavy atom. The van der Waals surface area contributed by atoms with E-state index in [1.165, 1.54) is 7.11 Å². The monoisotopic (exact) mass is 472 g/mol. The Morgan fingerprint density at radius 2 is 2.00 bits per heavy atom. The number of benzene rings is 2. The average Bonchev–Trinajstić information content (AvgIpc) is 2.99. The van der Waals surface area contributed by atoms with E-state index in [-0.39, 0.29) is 16.8 Å². The summed E-state index contributed by atoms with van der Waals surface area (Å²) in [7, 11) is 1.46. The molecule has 1 aliphatic rings. The highest BCUT2D eigenvalue weighted by atomic mass is 32.2. The van der Waals surface area contributed by atoms with Crippen molar-refractivity contribution in [3.05, 3.63) is 58.5 Å². The van der Waals surface area contributed by atoms with Crippen molar-refractivity contribution in [2.75, 3.05) is 25.6 Å². The van der Waals surface area contributed by atoms with Crippen molar-refractivity contribution < 1.29 is 29.0 Å². The standard InChI is InChI=1S/C22H20N2O6S2/c1-13-4-3-5-15(8-13)23-19(25)12-30-16-7-6-14(9-17(16)29-2)10-18-21(28)24(11-20(26)27)22(31)32-18/h3-10H,11-12H2,1-2H3,(H,23,25)(H,26,27). The maximum absolute atomic E-state index is 12.4. The fourth-order valence-electron chi connectivity index (χ4n) is 2.88. The van der Waals surface area contributed by atoms with Crippen molar-refractivity contribution in [2.45, 2.75) is 6.92 Å². The number of thiocarbonyl (C=S) groups is 1. The third-order valence-electron chi connectivity index (χ3n) is 4.31. The van der Waals surface area contributed by atoms with Gasteiger partial charge in [0.25, 0.3) is 11.8 Å². The lowest BCUT2D eigenvalue weighted by molar-refractivity contribution is -0.140. The van der Waals surface area contributed by atoms with Crippen molar-refractivity contribution in [3.8, 4) is 11.5 Å². The number of anilines is 1. The molecule has 2 N–H and O–H groups in total.